The standard InChI is InChI=1S/C23H27N3O4/c1-15(2)17-9-7-8-16(3)22(17)24-20(27)14-30-21(28)12-13-26-19-11-6-5-10-18(19)25(4)23(26)29/h5-11,15H,12-14H2,1-4H3,(H,24,27). The van der Waals surface area contributed by atoms with Crippen molar-refractivity contribution in [3.05, 3.63) is 64.1 Å². The summed E-state index contributed by atoms with van der Waals surface area (Å²) in [4.78, 5) is 36.8. The molecule has 0 aliphatic heterocycles. The lowest BCUT2D eigenvalue weighted by Crippen LogP contribution is -2.25. The number of imidazole rings is 1. The smallest absolute Gasteiger partial charge is 0.328 e. The van der Waals surface area contributed by atoms with E-state index < -0.39 is 5.97 Å². The molecule has 0 saturated heterocycles. The third kappa shape index (κ3) is 4.45. The quantitative estimate of drug-likeness (QED) is 0.607. The number of amides is 1. The van der Waals surface area contributed by atoms with Crippen LogP contribution in [0.5, 0.6) is 0 Å². The molecule has 0 unspecified atom stereocenters. The Balaban J connectivity index is 1.58. The number of benzene rings is 2. The summed E-state index contributed by atoms with van der Waals surface area (Å²) >= 11 is 0. The molecule has 7 nitrogen and oxygen atoms in total. The van der Waals surface area contributed by atoms with Crippen LogP contribution in [0.25, 0.3) is 11.0 Å². The fraction of sp³-hybridized carbons (Fsp3) is 0.348. The molecule has 0 fully saturated rings. The number of carbonyl (C=O) groups is 2. The number of carbonyl (C=O) groups excluding carboxylic acids is 2. The summed E-state index contributed by atoms with van der Waals surface area (Å²) in [5.41, 5.74) is 4.12. The van der Waals surface area contributed by atoms with Crippen LogP contribution in [0.15, 0.2) is 47.3 Å². The average Bonchev–Trinajstić information content (AvgIpc) is 2.96. The molecule has 7 heteroatoms. The lowest BCUT2D eigenvalue weighted by Gasteiger charge is -2.16. The predicted octanol–water partition coefficient (Wildman–Crippen LogP) is 3.34. The van der Waals surface area contributed by atoms with Gasteiger partial charge in [0.15, 0.2) is 6.61 Å². The van der Waals surface area contributed by atoms with Gasteiger partial charge >= 0.3 is 11.7 Å². The van der Waals surface area contributed by atoms with Gasteiger partial charge < -0.3 is 10.1 Å². The van der Waals surface area contributed by atoms with Crippen molar-refractivity contribution < 1.29 is 14.3 Å². The minimum absolute atomic E-state index is 0.00278. The van der Waals surface area contributed by atoms with E-state index in [1.54, 1.807) is 16.2 Å². The molecule has 30 heavy (non-hydrogen) atoms. The summed E-state index contributed by atoms with van der Waals surface area (Å²) < 4.78 is 8.21. The Morgan fingerprint density at radius 3 is 2.47 bits per heavy atom. The van der Waals surface area contributed by atoms with Gasteiger partial charge in [-0.15, -0.1) is 0 Å². The summed E-state index contributed by atoms with van der Waals surface area (Å²) in [5, 5.41) is 2.85. The monoisotopic (exact) mass is 409 g/mol. The molecule has 0 atom stereocenters. The number of anilines is 1. The second-order valence-electron chi connectivity index (χ2n) is 7.63. The first-order valence-electron chi connectivity index (χ1n) is 9.98. The first-order valence-corrected chi connectivity index (χ1v) is 9.98. The number of para-hydroxylation sites is 3. The zero-order chi connectivity index (χ0) is 21.8. The van der Waals surface area contributed by atoms with Crippen molar-refractivity contribution in [2.45, 2.75) is 39.7 Å². The zero-order valence-corrected chi connectivity index (χ0v) is 17.8. The molecular formula is C23H27N3O4. The number of aryl methyl sites for hydroxylation is 3. The Morgan fingerprint density at radius 1 is 1.07 bits per heavy atom. The van der Waals surface area contributed by atoms with Crippen LogP contribution < -0.4 is 11.0 Å². The Morgan fingerprint density at radius 2 is 1.77 bits per heavy atom. The van der Waals surface area contributed by atoms with Crippen molar-refractivity contribution in [3.8, 4) is 0 Å². The van der Waals surface area contributed by atoms with Gasteiger partial charge in [-0.2, -0.15) is 0 Å². The fourth-order valence-electron chi connectivity index (χ4n) is 3.52. The number of ether oxygens (including phenoxy) is 1. The van der Waals surface area contributed by atoms with Crippen molar-refractivity contribution in [3.63, 3.8) is 0 Å². The van der Waals surface area contributed by atoms with Crippen molar-refractivity contribution in [1.82, 2.24) is 9.13 Å². The number of hydrogen-bond acceptors (Lipinski definition) is 4. The molecule has 3 rings (SSSR count). The van der Waals surface area contributed by atoms with Crippen LogP contribution >= 0.6 is 0 Å². The lowest BCUT2D eigenvalue weighted by atomic mass is 9.98. The van der Waals surface area contributed by atoms with E-state index >= 15 is 0 Å². The van der Waals surface area contributed by atoms with Crippen molar-refractivity contribution in [2.75, 3.05) is 11.9 Å². The molecule has 3 aromatic rings. The van der Waals surface area contributed by atoms with Gasteiger partial charge in [0, 0.05) is 19.3 Å². The highest BCUT2D eigenvalue weighted by atomic mass is 16.5. The SMILES string of the molecule is Cc1cccc(C(C)C)c1NC(=O)COC(=O)CCn1c(=O)n(C)c2ccccc21. The highest BCUT2D eigenvalue weighted by Gasteiger charge is 2.15. The van der Waals surface area contributed by atoms with E-state index in [1.165, 1.54) is 0 Å². The normalized spacial score (nSPS) is 11.1. The number of nitrogens with one attached hydrogen (secondary N) is 1. The highest BCUT2D eigenvalue weighted by Crippen LogP contribution is 2.27. The van der Waals surface area contributed by atoms with Crippen LogP contribution in [0.1, 0.15) is 37.3 Å². The number of esters is 1. The maximum atomic E-state index is 12.4. The topological polar surface area (TPSA) is 82.3 Å². The second kappa shape index (κ2) is 8.98. The van der Waals surface area contributed by atoms with Crippen LogP contribution in [-0.2, 0) is 27.9 Å². The maximum Gasteiger partial charge on any atom is 0.328 e. The lowest BCUT2D eigenvalue weighted by molar-refractivity contribution is -0.147. The number of aromatic nitrogens is 2. The first kappa shape index (κ1) is 21.4. The summed E-state index contributed by atoms with van der Waals surface area (Å²) in [6.45, 7) is 5.86. The van der Waals surface area contributed by atoms with E-state index in [1.807, 2.05) is 49.4 Å². The Kier molecular flexibility index (Phi) is 6.40. The third-order valence-electron chi connectivity index (χ3n) is 5.15. The minimum Gasteiger partial charge on any atom is -0.456 e. The molecule has 0 bridgehead atoms. The number of fused-ring (bicyclic) bond motifs is 1. The molecule has 0 radical (unpaired) electrons. The van der Waals surface area contributed by atoms with E-state index in [0.717, 1.165) is 27.8 Å². The number of rotatable bonds is 7. The molecule has 1 heterocycles. The van der Waals surface area contributed by atoms with Crippen LogP contribution in [0.2, 0.25) is 0 Å². The van der Waals surface area contributed by atoms with Gasteiger partial charge in [0.05, 0.1) is 17.5 Å². The summed E-state index contributed by atoms with van der Waals surface area (Å²) in [6.07, 6.45) is 0.00278. The minimum atomic E-state index is -0.529. The highest BCUT2D eigenvalue weighted by molar-refractivity contribution is 5.94. The van der Waals surface area contributed by atoms with Crippen LogP contribution in [-0.4, -0.2) is 27.6 Å². The molecule has 0 saturated carbocycles. The molecule has 2 aromatic carbocycles. The second-order valence-corrected chi connectivity index (χ2v) is 7.63. The van der Waals surface area contributed by atoms with Gasteiger partial charge in [-0.3, -0.25) is 18.7 Å². The first-order chi connectivity index (χ1) is 14.3. The third-order valence-corrected chi connectivity index (χ3v) is 5.15. The molecule has 0 spiro atoms. The van der Waals surface area contributed by atoms with Gasteiger partial charge in [0.1, 0.15) is 0 Å². The summed E-state index contributed by atoms with van der Waals surface area (Å²) in [5.74, 6) is -0.664. The zero-order valence-electron chi connectivity index (χ0n) is 17.8. The van der Waals surface area contributed by atoms with Gasteiger partial charge in [-0.1, -0.05) is 44.2 Å². The van der Waals surface area contributed by atoms with E-state index in [0.29, 0.717) is 0 Å². The van der Waals surface area contributed by atoms with Crippen molar-refractivity contribution in [1.29, 1.82) is 0 Å². The Labute approximate surface area is 175 Å². The largest absolute Gasteiger partial charge is 0.456 e. The van der Waals surface area contributed by atoms with Crippen molar-refractivity contribution in [2.24, 2.45) is 7.05 Å². The summed E-state index contributed by atoms with van der Waals surface area (Å²) in [7, 11) is 1.70. The van der Waals surface area contributed by atoms with Gasteiger partial charge in [0.25, 0.3) is 5.91 Å². The predicted molar refractivity (Wildman–Crippen MR) is 117 cm³/mol. The number of nitrogens with zero attached hydrogens (tertiary/aromatic N) is 2. The van der Waals surface area contributed by atoms with Crippen LogP contribution in [0, 0.1) is 6.92 Å². The molecule has 158 valence electrons. The molecule has 0 aliphatic rings. The molecular weight excluding hydrogens is 382 g/mol. The Bertz CT molecular complexity index is 1140. The molecule has 1 N–H and O–H groups in total. The van der Waals surface area contributed by atoms with E-state index in [4.69, 9.17) is 4.74 Å². The van der Waals surface area contributed by atoms with E-state index in [2.05, 4.69) is 19.2 Å². The van der Waals surface area contributed by atoms with Gasteiger partial charge in [-0.25, -0.2) is 4.79 Å². The van der Waals surface area contributed by atoms with Gasteiger partial charge in [-0.05, 0) is 36.1 Å². The van der Waals surface area contributed by atoms with E-state index in [-0.39, 0.29) is 37.1 Å². The van der Waals surface area contributed by atoms with Gasteiger partial charge in [0.2, 0.25) is 0 Å². The number of hydrogen-bond donors (Lipinski definition) is 1. The molecule has 1 amide bonds. The fourth-order valence-corrected chi connectivity index (χ4v) is 3.52. The van der Waals surface area contributed by atoms with Crippen LogP contribution in [0.4, 0.5) is 5.69 Å². The maximum absolute atomic E-state index is 12.4. The van der Waals surface area contributed by atoms with Crippen LogP contribution in [0.3, 0.4) is 0 Å². The molecule has 1 aromatic heterocycles. The summed E-state index contributed by atoms with van der Waals surface area (Å²) in [6, 6.07) is 13.2. The van der Waals surface area contributed by atoms with Crippen molar-refractivity contribution >= 4 is 28.6 Å². The Hall–Kier alpha value is -3.35. The average molecular weight is 409 g/mol. The van der Waals surface area contributed by atoms with E-state index in [9.17, 15) is 14.4 Å². The molecule has 0 aliphatic carbocycles.